The number of hydrogen-bond acceptors (Lipinski definition) is 5. The molecule has 0 aromatic carbocycles. The maximum atomic E-state index is 10.8. The van der Waals surface area contributed by atoms with Crippen molar-refractivity contribution in [3.63, 3.8) is 0 Å². The summed E-state index contributed by atoms with van der Waals surface area (Å²) in [5.41, 5.74) is 0.351. The van der Waals surface area contributed by atoms with E-state index >= 15 is 0 Å². The Hall–Kier alpha value is -0.500. The molecule has 2 rings (SSSR count). The lowest BCUT2D eigenvalue weighted by Gasteiger charge is -1.86. The molecule has 0 saturated heterocycles. The lowest BCUT2D eigenvalue weighted by Crippen LogP contribution is -2.00. The second kappa shape index (κ2) is 3.02. The maximum absolute atomic E-state index is 10.8. The lowest BCUT2D eigenvalue weighted by molar-refractivity contribution is 0.382. The molecule has 8 heteroatoms. The van der Waals surface area contributed by atoms with E-state index in [2.05, 4.69) is 13.6 Å². The number of aromatic nitrogens is 1. The highest BCUT2D eigenvalue weighted by atomic mass is 35.5. The van der Waals surface area contributed by atoms with Crippen LogP contribution in [0, 0.1) is 0 Å². The predicted molar refractivity (Wildman–Crippen MR) is 48.5 cm³/mol. The molecule has 1 aromatic rings. The molecular formula is C5H3ClN2O3S2. The first kappa shape index (κ1) is 9.07. The van der Waals surface area contributed by atoms with E-state index in [-0.39, 0.29) is 6.61 Å². The molecular weight excluding hydrogens is 236 g/mol. The Kier molecular flexibility index (Phi) is 2.11. The monoisotopic (exact) mass is 238 g/mol. The number of hydrogen-bond donors (Lipinski definition) is 0. The van der Waals surface area contributed by atoms with E-state index in [4.69, 9.17) is 11.6 Å². The minimum atomic E-state index is -3.71. The van der Waals surface area contributed by atoms with Crippen LogP contribution in [0.3, 0.4) is 0 Å². The number of thiazole rings is 1. The van der Waals surface area contributed by atoms with E-state index in [0.717, 1.165) is 11.3 Å². The summed E-state index contributed by atoms with van der Waals surface area (Å²) in [5, 5.41) is 0. The number of halogens is 1. The van der Waals surface area contributed by atoms with Gasteiger partial charge in [0.05, 0.1) is 4.88 Å². The lowest BCUT2D eigenvalue weighted by atomic mass is 10.4. The second-order valence-electron chi connectivity index (χ2n) is 2.21. The Morgan fingerprint density at radius 2 is 2.38 bits per heavy atom. The van der Waals surface area contributed by atoms with Crippen molar-refractivity contribution in [2.45, 2.75) is 0 Å². The molecule has 1 aliphatic rings. The fourth-order valence-electron chi connectivity index (χ4n) is 0.820. The zero-order chi connectivity index (χ0) is 9.47. The van der Waals surface area contributed by atoms with Crippen LogP contribution in [0.4, 0.5) is 0 Å². The van der Waals surface area contributed by atoms with Crippen molar-refractivity contribution in [3.05, 3.63) is 15.5 Å². The van der Waals surface area contributed by atoms with E-state index < -0.39 is 10.3 Å². The van der Waals surface area contributed by atoms with Gasteiger partial charge in [-0.15, -0.1) is 15.7 Å². The molecule has 2 heterocycles. The predicted octanol–water partition coefficient (Wildman–Crippen LogP) is 0.861. The van der Waals surface area contributed by atoms with Gasteiger partial charge < -0.3 is 0 Å². The molecule has 0 radical (unpaired) electrons. The van der Waals surface area contributed by atoms with Crippen molar-refractivity contribution in [2.24, 2.45) is 4.40 Å². The Morgan fingerprint density at radius 1 is 1.62 bits per heavy atom. The first-order valence-electron chi connectivity index (χ1n) is 3.17. The minimum Gasteiger partial charge on any atom is -0.246 e. The van der Waals surface area contributed by atoms with Crippen LogP contribution >= 0.6 is 22.9 Å². The molecule has 5 nitrogen and oxygen atoms in total. The molecule has 0 saturated carbocycles. The topological polar surface area (TPSA) is 68.6 Å². The average Bonchev–Trinajstić information content (AvgIpc) is 2.56. The first-order valence-corrected chi connectivity index (χ1v) is 5.73. The highest BCUT2D eigenvalue weighted by Gasteiger charge is 2.23. The average molecular weight is 239 g/mol. The van der Waals surface area contributed by atoms with Crippen LogP contribution in [0.5, 0.6) is 0 Å². The maximum Gasteiger partial charge on any atom is 0.381 e. The van der Waals surface area contributed by atoms with Crippen LogP contribution in [0.15, 0.2) is 10.6 Å². The molecule has 1 aliphatic heterocycles. The van der Waals surface area contributed by atoms with Crippen LogP contribution < -0.4 is 0 Å². The summed E-state index contributed by atoms with van der Waals surface area (Å²) >= 11 is 6.74. The van der Waals surface area contributed by atoms with Crippen LogP contribution in [0.2, 0.25) is 4.47 Å². The Labute approximate surface area is 83.3 Å². The molecule has 0 atom stereocenters. The van der Waals surface area contributed by atoms with Crippen molar-refractivity contribution in [1.82, 2.24) is 4.98 Å². The first-order chi connectivity index (χ1) is 6.07. The molecule has 0 aliphatic carbocycles. The zero-order valence-corrected chi connectivity index (χ0v) is 8.49. The normalized spacial score (nSPS) is 20.2. The molecule has 0 fully saturated rings. The summed E-state index contributed by atoms with van der Waals surface area (Å²) < 4.78 is 29.7. The van der Waals surface area contributed by atoms with Gasteiger partial charge in [0.1, 0.15) is 12.3 Å². The third kappa shape index (κ3) is 1.88. The van der Waals surface area contributed by atoms with Gasteiger partial charge in [-0.2, -0.15) is 8.42 Å². The third-order valence-corrected chi connectivity index (χ3v) is 3.35. The molecule has 0 N–H and O–H groups in total. The van der Waals surface area contributed by atoms with Crippen molar-refractivity contribution in [3.8, 4) is 0 Å². The zero-order valence-electron chi connectivity index (χ0n) is 6.10. The van der Waals surface area contributed by atoms with Crippen molar-refractivity contribution >= 4 is 39.0 Å². The molecule has 0 unspecified atom stereocenters. The summed E-state index contributed by atoms with van der Waals surface area (Å²) in [6.45, 7) is -0.0408. The van der Waals surface area contributed by atoms with E-state index in [1.807, 2.05) is 0 Å². The summed E-state index contributed by atoms with van der Waals surface area (Å²) in [5.74, 6) is 0. The standard InChI is InChI=1S/C5H3ClN2O3S2/c6-5-7-1-4(12-5)3-2-11-13(9,10)8-3/h1H,2H2. The van der Waals surface area contributed by atoms with E-state index in [0.29, 0.717) is 15.1 Å². The van der Waals surface area contributed by atoms with Gasteiger partial charge >= 0.3 is 10.3 Å². The molecule has 1 aromatic heterocycles. The molecule has 0 spiro atoms. The third-order valence-electron chi connectivity index (χ3n) is 1.33. The van der Waals surface area contributed by atoms with Gasteiger partial charge in [0, 0.05) is 6.20 Å². The Balaban J connectivity index is 2.40. The van der Waals surface area contributed by atoms with E-state index in [1.54, 1.807) is 0 Å². The highest BCUT2D eigenvalue weighted by Crippen LogP contribution is 2.21. The highest BCUT2D eigenvalue weighted by molar-refractivity contribution is 7.85. The quantitative estimate of drug-likeness (QED) is 0.728. The summed E-state index contributed by atoms with van der Waals surface area (Å²) in [6, 6.07) is 0. The van der Waals surface area contributed by atoms with Crippen LogP contribution in [-0.2, 0) is 14.5 Å². The van der Waals surface area contributed by atoms with E-state index in [1.165, 1.54) is 6.20 Å². The van der Waals surface area contributed by atoms with E-state index in [9.17, 15) is 8.42 Å². The summed E-state index contributed by atoms with van der Waals surface area (Å²) in [7, 11) is -3.71. The number of rotatable bonds is 1. The van der Waals surface area contributed by atoms with Crippen LogP contribution in [-0.4, -0.2) is 25.7 Å². The SMILES string of the molecule is O=S1(=O)N=C(c2cnc(Cl)s2)CO1. The Bertz CT molecular complexity index is 464. The fraction of sp³-hybridized carbons (Fsp3) is 0.200. The van der Waals surface area contributed by atoms with Gasteiger partial charge in [-0.25, -0.2) is 9.17 Å². The largest absolute Gasteiger partial charge is 0.381 e. The van der Waals surface area contributed by atoms with Gasteiger partial charge in [0.15, 0.2) is 4.47 Å². The van der Waals surface area contributed by atoms with Gasteiger partial charge in [0.2, 0.25) is 0 Å². The van der Waals surface area contributed by atoms with Crippen molar-refractivity contribution in [2.75, 3.05) is 6.61 Å². The van der Waals surface area contributed by atoms with Crippen molar-refractivity contribution in [1.29, 1.82) is 0 Å². The summed E-state index contributed by atoms with van der Waals surface area (Å²) in [6.07, 6.45) is 1.47. The van der Waals surface area contributed by atoms with Gasteiger partial charge in [0.25, 0.3) is 0 Å². The van der Waals surface area contributed by atoms with Gasteiger partial charge in [-0.1, -0.05) is 11.6 Å². The van der Waals surface area contributed by atoms with Crippen LogP contribution in [0.1, 0.15) is 4.88 Å². The smallest absolute Gasteiger partial charge is 0.246 e. The van der Waals surface area contributed by atoms with Crippen LogP contribution in [0.25, 0.3) is 0 Å². The molecule has 13 heavy (non-hydrogen) atoms. The molecule has 70 valence electrons. The second-order valence-corrected chi connectivity index (χ2v) is 5.09. The fourth-order valence-corrected chi connectivity index (χ4v) is 2.53. The number of nitrogens with zero attached hydrogens (tertiary/aromatic N) is 2. The Morgan fingerprint density at radius 3 is 2.85 bits per heavy atom. The molecule has 0 bridgehead atoms. The van der Waals surface area contributed by atoms with Gasteiger partial charge in [-0.3, -0.25) is 0 Å². The summed E-state index contributed by atoms with van der Waals surface area (Å²) in [4.78, 5) is 4.38. The van der Waals surface area contributed by atoms with Crippen molar-refractivity contribution < 1.29 is 12.6 Å². The molecule has 0 amide bonds. The minimum absolute atomic E-state index is 0.0408. The van der Waals surface area contributed by atoms with Gasteiger partial charge in [-0.05, 0) is 0 Å².